The molecular weight excluding hydrogens is 224 g/mol. The molecule has 4 heteroatoms. The quantitative estimate of drug-likeness (QED) is 0.887. The van der Waals surface area contributed by atoms with Crippen molar-refractivity contribution in [1.29, 1.82) is 0 Å². The van der Waals surface area contributed by atoms with Crippen molar-refractivity contribution in [2.75, 3.05) is 37.3 Å². The van der Waals surface area contributed by atoms with Crippen LogP contribution in [0.4, 0.5) is 11.5 Å². The molecule has 1 fully saturated rings. The molecule has 0 spiro atoms. The molecule has 0 radical (unpaired) electrons. The third-order valence-electron chi connectivity index (χ3n) is 4.05. The Labute approximate surface area is 110 Å². The van der Waals surface area contributed by atoms with Gasteiger partial charge in [0, 0.05) is 26.2 Å². The average Bonchev–Trinajstić information content (AvgIpc) is 2.41. The lowest BCUT2D eigenvalue weighted by atomic mass is 10.0. The predicted molar refractivity (Wildman–Crippen MR) is 76.9 cm³/mol. The number of aryl methyl sites for hydroxylation is 1. The van der Waals surface area contributed by atoms with E-state index in [9.17, 15) is 0 Å². The maximum Gasteiger partial charge on any atom is 0.128 e. The number of piperidine rings is 1. The maximum absolute atomic E-state index is 5.82. The van der Waals surface area contributed by atoms with E-state index in [2.05, 4.69) is 34.8 Å². The third-order valence-corrected chi connectivity index (χ3v) is 4.05. The third kappa shape index (κ3) is 2.75. The van der Waals surface area contributed by atoms with Gasteiger partial charge in [0.05, 0.1) is 11.9 Å². The van der Waals surface area contributed by atoms with Crippen LogP contribution in [0.15, 0.2) is 12.3 Å². The number of pyridine rings is 1. The van der Waals surface area contributed by atoms with E-state index in [1.165, 1.54) is 25.9 Å². The topological polar surface area (TPSA) is 45.4 Å². The summed E-state index contributed by atoms with van der Waals surface area (Å²) >= 11 is 0. The minimum Gasteiger partial charge on any atom is -0.397 e. The number of nitrogens with zero attached hydrogens (tertiary/aromatic N) is 3. The van der Waals surface area contributed by atoms with Gasteiger partial charge in [-0.15, -0.1) is 0 Å². The summed E-state index contributed by atoms with van der Waals surface area (Å²) in [5, 5.41) is 0. The summed E-state index contributed by atoms with van der Waals surface area (Å²) in [6, 6.07) is 2.69. The number of hydrogen-bond acceptors (Lipinski definition) is 4. The van der Waals surface area contributed by atoms with Gasteiger partial charge in [-0.25, -0.2) is 4.98 Å². The molecule has 2 N–H and O–H groups in total. The Bertz CT molecular complexity index is 397. The zero-order valence-electron chi connectivity index (χ0n) is 11.7. The maximum atomic E-state index is 5.82. The number of nitrogen functional groups attached to an aromatic ring is 1. The van der Waals surface area contributed by atoms with E-state index >= 15 is 0 Å². The lowest BCUT2D eigenvalue weighted by Crippen LogP contribution is -2.43. The van der Waals surface area contributed by atoms with Crippen molar-refractivity contribution >= 4 is 11.5 Å². The summed E-state index contributed by atoms with van der Waals surface area (Å²) in [4.78, 5) is 9.25. The molecular formula is C14H24N4. The van der Waals surface area contributed by atoms with Gasteiger partial charge in [0.2, 0.25) is 0 Å². The van der Waals surface area contributed by atoms with E-state index in [0.29, 0.717) is 6.04 Å². The predicted octanol–water partition coefficient (Wildman–Crippen LogP) is 1.89. The molecule has 2 rings (SSSR count). The fourth-order valence-electron chi connectivity index (χ4n) is 2.55. The van der Waals surface area contributed by atoms with Crippen LogP contribution in [-0.2, 0) is 0 Å². The molecule has 0 saturated carbocycles. The minimum atomic E-state index is 0.600. The molecule has 100 valence electrons. The zero-order chi connectivity index (χ0) is 13.1. The highest BCUT2D eigenvalue weighted by Gasteiger charge is 2.22. The summed E-state index contributed by atoms with van der Waals surface area (Å²) in [5.41, 5.74) is 7.70. The molecule has 1 aromatic rings. The number of rotatable bonds is 3. The second-order valence-corrected chi connectivity index (χ2v) is 5.18. The van der Waals surface area contributed by atoms with E-state index in [4.69, 9.17) is 5.73 Å². The monoisotopic (exact) mass is 248 g/mol. The molecule has 0 aromatic carbocycles. The minimum absolute atomic E-state index is 0.600. The molecule has 0 aliphatic carbocycles. The first-order chi connectivity index (χ1) is 8.61. The second kappa shape index (κ2) is 5.57. The number of aromatic nitrogens is 1. The lowest BCUT2D eigenvalue weighted by molar-refractivity contribution is 0.220. The van der Waals surface area contributed by atoms with Crippen molar-refractivity contribution in [3.05, 3.63) is 17.8 Å². The van der Waals surface area contributed by atoms with Crippen LogP contribution in [0.1, 0.15) is 25.3 Å². The molecule has 1 aliphatic heterocycles. The summed E-state index contributed by atoms with van der Waals surface area (Å²) < 4.78 is 0. The Kier molecular flexibility index (Phi) is 4.07. The Balaban J connectivity index is 2.03. The van der Waals surface area contributed by atoms with Crippen LogP contribution >= 0.6 is 0 Å². The Morgan fingerprint density at radius 2 is 2.11 bits per heavy atom. The SMILES string of the molecule is CCN1CCC(N(C)c2cc(C)c(N)cn2)CC1. The van der Waals surface area contributed by atoms with Crippen LogP contribution in [0.3, 0.4) is 0 Å². The smallest absolute Gasteiger partial charge is 0.128 e. The Morgan fingerprint density at radius 1 is 1.44 bits per heavy atom. The van der Waals surface area contributed by atoms with Crippen LogP contribution in [0.5, 0.6) is 0 Å². The Hall–Kier alpha value is -1.29. The van der Waals surface area contributed by atoms with Gasteiger partial charge in [0.1, 0.15) is 5.82 Å². The lowest BCUT2D eigenvalue weighted by Gasteiger charge is -2.37. The van der Waals surface area contributed by atoms with E-state index in [-0.39, 0.29) is 0 Å². The molecule has 2 heterocycles. The van der Waals surface area contributed by atoms with E-state index in [1.807, 2.05) is 6.92 Å². The first kappa shape index (κ1) is 13.1. The standard InChI is InChI=1S/C14H24N4/c1-4-18-7-5-12(6-8-18)17(3)14-9-11(2)13(15)10-16-14/h9-10,12H,4-8,15H2,1-3H3. The first-order valence-corrected chi connectivity index (χ1v) is 6.79. The van der Waals surface area contributed by atoms with Gasteiger partial charge in [-0.3, -0.25) is 0 Å². The largest absolute Gasteiger partial charge is 0.397 e. The van der Waals surface area contributed by atoms with Gasteiger partial charge in [-0.1, -0.05) is 6.92 Å². The zero-order valence-corrected chi connectivity index (χ0v) is 11.7. The highest BCUT2D eigenvalue weighted by molar-refractivity contribution is 5.52. The number of nitrogens with two attached hydrogens (primary N) is 1. The molecule has 1 aliphatic rings. The van der Waals surface area contributed by atoms with Crippen molar-refractivity contribution in [3.8, 4) is 0 Å². The molecule has 1 aromatic heterocycles. The number of likely N-dealkylation sites (tertiary alicyclic amines) is 1. The second-order valence-electron chi connectivity index (χ2n) is 5.18. The number of anilines is 2. The molecule has 0 unspecified atom stereocenters. The van der Waals surface area contributed by atoms with Gasteiger partial charge in [0.15, 0.2) is 0 Å². The highest BCUT2D eigenvalue weighted by Crippen LogP contribution is 2.22. The summed E-state index contributed by atoms with van der Waals surface area (Å²) in [7, 11) is 2.14. The van der Waals surface area contributed by atoms with E-state index in [0.717, 1.165) is 23.6 Å². The molecule has 0 atom stereocenters. The Morgan fingerprint density at radius 3 is 2.67 bits per heavy atom. The first-order valence-electron chi connectivity index (χ1n) is 6.79. The average molecular weight is 248 g/mol. The summed E-state index contributed by atoms with van der Waals surface area (Å²) in [5.74, 6) is 1.04. The van der Waals surface area contributed by atoms with Crippen molar-refractivity contribution in [1.82, 2.24) is 9.88 Å². The molecule has 0 bridgehead atoms. The van der Waals surface area contributed by atoms with Crippen molar-refractivity contribution in [3.63, 3.8) is 0 Å². The number of hydrogen-bond donors (Lipinski definition) is 1. The molecule has 1 saturated heterocycles. The summed E-state index contributed by atoms with van der Waals surface area (Å²) in [6.45, 7) is 7.82. The molecule has 4 nitrogen and oxygen atoms in total. The van der Waals surface area contributed by atoms with Crippen LogP contribution in [0.2, 0.25) is 0 Å². The van der Waals surface area contributed by atoms with E-state index < -0.39 is 0 Å². The van der Waals surface area contributed by atoms with Crippen molar-refractivity contribution in [2.24, 2.45) is 0 Å². The fraction of sp³-hybridized carbons (Fsp3) is 0.643. The van der Waals surface area contributed by atoms with Crippen LogP contribution < -0.4 is 10.6 Å². The fourth-order valence-corrected chi connectivity index (χ4v) is 2.55. The highest BCUT2D eigenvalue weighted by atomic mass is 15.2. The van der Waals surface area contributed by atoms with Crippen molar-refractivity contribution in [2.45, 2.75) is 32.7 Å². The molecule has 0 amide bonds. The van der Waals surface area contributed by atoms with Gasteiger partial charge in [0.25, 0.3) is 0 Å². The van der Waals surface area contributed by atoms with Gasteiger partial charge in [-0.2, -0.15) is 0 Å². The normalized spacial score (nSPS) is 17.9. The van der Waals surface area contributed by atoms with Crippen molar-refractivity contribution < 1.29 is 0 Å². The van der Waals surface area contributed by atoms with Gasteiger partial charge < -0.3 is 15.5 Å². The van der Waals surface area contributed by atoms with Crippen LogP contribution in [-0.4, -0.2) is 42.6 Å². The van der Waals surface area contributed by atoms with E-state index in [1.54, 1.807) is 6.20 Å². The van der Waals surface area contributed by atoms with Crippen LogP contribution in [0.25, 0.3) is 0 Å². The molecule has 18 heavy (non-hydrogen) atoms. The summed E-state index contributed by atoms with van der Waals surface area (Å²) in [6.07, 6.45) is 4.20. The van der Waals surface area contributed by atoms with Gasteiger partial charge >= 0.3 is 0 Å². The van der Waals surface area contributed by atoms with Crippen LogP contribution in [0, 0.1) is 6.92 Å². The van der Waals surface area contributed by atoms with Gasteiger partial charge in [-0.05, 0) is 37.9 Å².